The Hall–Kier alpha value is -2.73. The van der Waals surface area contributed by atoms with Crippen LogP contribution in [0.1, 0.15) is 26.2 Å². The van der Waals surface area contributed by atoms with Crippen molar-refractivity contribution in [1.82, 2.24) is 5.32 Å². The summed E-state index contributed by atoms with van der Waals surface area (Å²) >= 11 is 0. The second-order valence-corrected chi connectivity index (χ2v) is 5.23. The van der Waals surface area contributed by atoms with Crippen LogP contribution in [0.4, 0.5) is 0 Å². The number of carbonyl (C=O) groups excluding carboxylic acids is 1. The quantitative estimate of drug-likeness (QED) is 0.417. The first-order chi connectivity index (χ1) is 11.6. The van der Waals surface area contributed by atoms with E-state index in [-0.39, 0.29) is 5.97 Å². The molecule has 0 aromatic rings. The molecule has 0 saturated heterocycles. The van der Waals surface area contributed by atoms with E-state index < -0.39 is 6.04 Å². The fraction of sp³-hybridized carbons (Fsp3) is 0.286. The third-order valence-corrected chi connectivity index (χ3v) is 3.44. The molecule has 0 radical (unpaired) electrons. The van der Waals surface area contributed by atoms with Crippen LogP contribution in [0.25, 0.3) is 0 Å². The minimum Gasteiger partial charge on any atom is -0.467 e. The van der Waals surface area contributed by atoms with Crippen molar-refractivity contribution in [2.24, 2.45) is 0 Å². The lowest BCUT2D eigenvalue weighted by atomic mass is 9.97. The SMILES string of the molecule is C=C/C=C\C=C\C[C@@H](NC(=C)C1=CCCC(C#CC)=C1)C(=O)OC. The van der Waals surface area contributed by atoms with E-state index in [1.54, 1.807) is 6.08 Å². The van der Waals surface area contributed by atoms with E-state index in [9.17, 15) is 4.79 Å². The molecule has 0 aromatic carbocycles. The predicted molar refractivity (Wildman–Crippen MR) is 100 cm³/mol. The molecule has 0 fully saturated rings. The van der Waals surface area contributed by atoms with Gasteiger partial charge in [0.25, 0.3) is 0 Å². The maximum absolute atomic E-state index is 12.0. The second kappa shape index (κ2) is 10.9. The lowest BCUT2D eigenvalue weighted by molar-refractivity contribution is -0.142. The van der Waals surface area contributed by atoms with Crippen LogP contribution < -0.4 is 5.32 Å². The molecule has 126 valence electrons. The molecule has 1 aliphatic carbocycles. The number of hydrogen-bond donors (Lipinski definition) is 1. The standard InChI is InChI=1S/C21H25NO2/c1-5-7-8-9-10-15-20(21(23)24-4)22-17(3)19-14-11-13-18(16-19)12-6-2/h5,7-10,14,16,20,22H,1,3,11,13,15H2,2,4H3/b8-7-,10-9+/t20-/m1/s1. The first-order valence-electron chi connectivity index (χ1n) is 7.93. The Morgan fingerprint density at radius 3 is 2.92 bits per heavy atom. The summed E-state index contributed by atoms with van der Waals surface area (Å²) in [5.74, 6) is 5.69. The molecule has 1 atom stereocenters. The Kier molecular flexibility index (Phi) is 8.78. The highest BCUT2D eigenvalue weighted by molar-refractivity contribution is 5.76. The molecule has 0 amide bonds. The van der Waals surface area contributed by atoms with E-state index in [1.165, 1.54) is 7.11 Å². The number of hydrogen-bond acceptors (Lipinski definition) is 3. The van der Waals surface area contributed by atoms with Crippen molar-refractivity contribution in [2.75, 3.05) is 7.11 Å². The first-order valence-corrected chi connectivity index (χ1v) is 7.93. The summed E-state index contributed by atoms with van der Waals surface area (Å²) in [6.45, 7) is 9.49. The largest absolute Gasteiger partial charge is 0.467 e. The van der Waals surface area contributed by atoms with Crippen LogP contribution in [-0.2, 0) is 9.53 Å². The predicted octanol–water partition coefficient (Wildman–Crippen LogP) is 3.99. The lowest BCUT2D eigenvalue weighted by Crippen LogP contribution is -2.36. The van der Waals surface area contributed by atoms with Gasteiger partial charge in [0.05, 0.1) is 7.11 Å². The molecule has 3 nitrogen and oxygen atoms in total. The number of esters is 1. The van der Waals surface area contributed by atoms with E-state index in [1.807, 2.05) is 37.3 Å². The minimum atomic E-state index is -0.479. The van der Waals surface area contributed by atoms with Crippen molar-refractivity contribution in [3.05, 3.63) is 72.5 Å². The van der Waals surface area contributed by atoms with Crippen LogP contribution in [0.5, 0.6) is 0 Å². The summed E-state index contributed by atoms with van der Waals surface area (Å²) in [4.78, 5) is 12.0. The van der Waals surface area contributed by atoms with E-state index in [0.29, 0.717) is 12.1 Å². The van der Waals surface area contributed by atoms with Gasteiger partial charge in [-0.05, 0) is 37.8 Å². The minimum absolute atomic E-state index is 0.317. The molecule has 0 saturated carbocycles. The van der Waals surface area contributed by atoms with Gasteiger partial charge in [-0.15, -0.1) is 5.92 Å². The van der Waals surface area contributed by atoms with E-state index in [4.69, 9.17) is 4.74 Å². The average Bonchev–Trinajstić information content (AvgIpc) is 2.60. The highest BCUT2D eigenvalue weighted by Crippen LogP contribution is 2.21. The molecule has 0 aromatic heterocycles. The van der Waals surface area contributed by atoms with Gasteiger partial charge in [0.1, 0.15) is 6.04 Å². The fourth-order valence-electron chi connectivity index (χ4n) is 2.26. The molecule has 3 heteroatoms. The third kappa shape index (κ3) is 6.58. The van der Waals surface area contributed by atoms with Crippen molar-refractivity contribution in [3.63, 3.8) is 0 Å². The zero-order valence-electron chi connectivity index (χ0n) is 14.5. The van der Waals surface area contributed by atoms with Gasteiger partial charge >= 0.3 is 5.97 Å². The topological polar surface area (TPSA) is 38.3 Å². The van der Waals surface area contributed by atoms with Gasteiger partial charge in [0.2, 0.25) is 0 Å². The van der Waals surface area contributed by atoms with Gasteiger partial charge in [-0.2, -0.15) is 0 Å². The summed E-state index contributed by atoms with van der Waals surface area (Å²) < 4.78 is 4.87. The maximum Gasteiger partial charge on any atom is 0.328 e. The van der Waals surface area contributed by atoms with Crippen LogP contribution in [0.3, 0.4) is 0 Å². The van der Waals surface area contributed by atoms with Crippen molar-refractivity contribution >= 4 is 5.97 Å². The van der Waals surface area contributed by atoms with Crippen molar-refractivity contribution in [3.8, 4) is 11.8 Å². The molecule has 0 unspecified atom stereocenters. The maximum atomic E-state index is 12.0. The normalized spacial score (nSPS) is 15.1. The number of nitrogens with one attached hydrogen (secondary N) is 1. The molecule has 0 spiro atoms. The van der Waals surface area contributed by atoms with E-state index >= 15 is 0 Å². The summed E-state index contributed by atoms with van der Waals surface area (Å²) in [6, 6.07) is -0.479. The van der Waals surface area contributed by atoms with Gasteiger partial charge in [-0.1, -0.05) is 55.5 Å². The molecular weight excluding hydrogens is 298 g/mol. The van der Waals surface area contributed by atoms with Crippen LogP contribution in [0.15, 0.2) is 72.5 Å². The van der Waals surface area contributed by atoms with Crippen LogP contribution in [-0.4, -0.2) is 19.1 Å². The van der Waals surface area contributed by atoms with Gasteiger partial charge in [0.15, 0.2) is 0 Å². The molecule has 1 N–H and O–H groups in total. The number of rotatable bonds is 8. The van der Waals surface area contributed by atoms with Crippen LogP contribution in [0, 0.1) is 11.8 Å². The Morgan fingerprint density at radius 1 is 1.46 bits per heavy atom. The van der Waals surface area contributed by atoms with Crippen molar-refractivity contribution in [1.29, 1.82) is 0 Å². The zero-order valence-corrected chi connectivity index (χ0v) is 14.5. The number of carbonyl (C=O) groups is 1. The van der Waals surface area contributed by atoms with Gasteiger partial charge in [0, 0.05) is 11.3 Å². The molecule has 0 aliphatic heterocycles. The Morgan fingerprint density at radius 2 is 2.25 bits per heavy atom. The highest BCUT2D eigenvalue weighted by atomic mass is 16.5. The second-order valence-electron chi connectivity index (χ2n) is 5.23. The third-order valence-electron chi connectivity index (χ3n) is 3.44. The summed E-state index contributed by atoms with van der Waals surface area (Å²) in [5, 5.41) is 3.17. The highest BCUT2D eigenvalue weighted by Gasteiger charge is 2.19. The first kappa shape index (κ1) is 19.3. The molecule has 0 heterocycles. The lowest BCUT2D eigenvalue weighted by Gasteiger charge is -2.20. The van der Waals surface area contributed by atoms with Gasteiger partial charge < -0.3 is 10.1 Å². The smallest absolute Gasteiger partial charge is 0.328 e. The van der Waals surface area contributed by atoms with Crippen LogP contribution >= 0.6 is 0 Å². The monoisotopic (exact) mass is 323 g/mol. The van der Waals surface area contributed by atoms with Crippen molar-refractivity contribution < 1.29 is 9.53 Å². The molecule has 1 rings (SSSR count). The number of methoxy groups -OCH3 is 1. The Labute approximate surface area is 145 Å². The fourth-order valence-corrected chi connectivity index (χ4v) is 2.26. The average molecular weight is 323 g/mol. The van der Waals surface area contributed by atoms with E-state index in [2.05, 4.69) is 36.4 Å². The number of allylic oxidation sites excluding steroid dienone is 7. The summed E-state index contributed by atoms with van der Waals surface area (Å²) in [6.07, 6.45) is 15.6. The molecule has 24 heavy (non-hydrogen) atoms. The van der Waals surface area contributed by atoms with Crippen molar-refractivity contribution in [2.45, 2.75) is 32.2 Å². The van der Waals surface area contributed by atoms with Crippen LogP contribution in [0.2, 0.25) is 0 Å². The van der Waals surface area contributed by atoms with E-state index in [0.717, 1.165) is 24.0 Å². The van der Waals surface area contributed by atoms with Gasteiger partial charge in [-0.25, -0.2) is 4.79 Å². The zero-order chi connectivity index (χ0) is 17.8. The molecule has 0 bridgehead atoms. The number of ether oxygens (including phenoxy) is 1. The molecular formula is C21H25NO2. The Bertz CT molecular complexity index is 651. The Balaban J connectivity index is 2.76. The summed E-state index contributed by atoms with van der Waals surface area (Å²) in [7, 11) is 1.38. The van der Waals surface area contributed by atoms with Gasteiger partial charge in [-0.3, -0.25) is 0 Å². The summed E-state index contributed by atoms with van der Waals surface area (Å²) in [5.41, 5.74) is 2.76. The molecule has 1 aliphatic rings.